The molecule has 0 saturated carbocycles. The average Bonchev–Trinajstić information content (AvgIpc) is 3.14. The minimum Gasteiger partial charge on any atom is -0.452 e. The third-order valence-corrected chi connectivity index (χ3v) is 7.23. The molecular formula is C21H31N3O6S. The molecule has 0 aromatic heterocycles. The van der Waals surface area contributed by atoms with Gasteiger partial charge < -0.3 is 15.0 Å². The van der Waals surface area contributed by atoms with Crippen molar-refractivity contribution in [2.24, 2.45) is 5.92 Å². The van der Waals surface area contributed by atoms with E-state index in [0.717, 1.165) is 6.42 Å². The van der Waals surface area contributed by atoms with E-state index in [1.807, 2.05) is 6.92 Å². The molecule has 1 saturated heterocycles. The molecule has 10 heteroatoms. The van der Waals surface area contributed by atoms with Crippen molar-refractivity contribution in [3.05, 3.63) is 24.3 Å². The second kappa shape index (κ2) is 10.7. The predicted octanol–water partition coefficient (Wildman–Crippen LogP) is 1.53. The van der Waals surface area contributed by atoms with Crippen molar-refractivity contribution in [1.82, 2.24) is 9.62 Å². The Morgan fingerprint density at radius 1 is 1.19 bits per heavy atom. The molecule has 2 rings (SSSR count). The van der Waals surface area contributed by atoms with Gasteiger partial charge >= 0.3 is 5.97 Å². The van der Waals surface area contributed by atoms with Gasteiger partial charge in [0.1, 0.15) is 0 Å². The van der Waals surface area contributed by atoms with Crippen LogP contribution in [0.1, 0.15) is 40.5 Å². The maximum Gasteiger partial charge on any atom is 0.312 e. The quantitative estimate of drug-likeness (QED) is 0.538. The number of carbonyl (C=O) groups excluding carboxylic acids is 3. The van der Waals surface area contributed by atoms with E-state index in [2.05, 4.69) is 5.32 Å². The van der Waals surface area contributed by atoms with Gasteiger partial charge in [0.15, 0.2) is 6.10 Å². The Hall–Kier alpha value is -2.46. The van der Waals surface area contributed by atoms with Crippen molar-refractivity contribution >= 4 is 33.5 Å². The highest BCUT2D eigenvalue weighted by atomic mass is 32.2. The number of hydrogen-bond acceptors (Lipinski definition) is 6. The number of hydrogen-bond donors (Lipinski definition) is 1. The van der Waals surface area contributed by atoms with E-state index in [-0.39, 0.29) is 29.7 Å². The van der Waals surface area contributed by atoms with Crippen LogP contribution in [0, 0.1) is 5.92 Å². The number of nitrogens with zero attached hydrogens (tertiary/aromatic N) is 2. The summed E-state index contributed by atoms with van der Waals surface area (Å²) in [4.78, 5) is 38.3. The van der Waals surface area contributed by atoms with Crippen LogP contribution in [0.2, 0.25) is 0 Å². The minimum absolute atomic E-state index is 0.0262. The summed E-state index contributed by atoms with van der Waals surface area (Å²) in [5.41, 5.74) is 0.507. The Bertz CT molecular complexity index is 896. The van der Waals surface area contributed by atoms with Gasteiger partial charge in [-0.3, -0.25) is 14.4 Å². The second-order valence-corrected chi connectivity index (χ2v) is 9.30. The minimum atomic E-state index is -3.59. The zero-order valence-corrected chi connectivity index (χ0v) is 19.3. The standard InChI is InChI=1S/C21H31N3O6S/c1-5-12-22-20(26)15(4)30-21(27)16-13-19(25)24(14-16)17-8-10-18(11-9-17)31(28,29)23(6-2)7-3/h8-11,15-16H,5-7,12-14H2,1-4H3,(H,22,26). The maximum atomic E-state index is 12.6. The smallest absolute Gasteiger partial charge is 0.312 e. The predicted molar refractivity (Wildman–Crippen MR) is 116 cm³/mol. The molecule has 0 radical (unpaired) electrons. The number of nitrogens with one attached hydrogen (secondary N) is 1. The van der Waals surface area contributed by atoms with Crippen LogP contribution in [0.15, 0.2) is 29.2 Å². The molecule has 2 amide bonds. The van der Waals surface area contributed by atoms with Gasteiger partial charge in [-0.15, -0.1) is 0 Å². The molecule has 1 aliphatic heterocycles. The van der Waals surface area contributed by atoms with E-state index < -0.39 is 28.0 Å². The van der Waals surface area contributed by atoms with Crippen LogP contribution in [0.25, 0.3) is 0 Å². The monoisotopic (exact) mass is 453 g/mol. The highest BCUT2D eigenvalue weighted by Crippen LogP contribution is 2.28. The Labute approximate surface area is 183 Å². The van der Waals surface area contributed by atoms with Crippen LogP contribution in [0.3, 0.4) is 0 Å². The molecule has 1 aliphatic rings. The highest BCUT2D eigenvalue weighted by Gasteiger charge is 2.37. The zero-order valence-electron chi connectivity index (χ0n) is 18.5. The largest absolute Gasteiger partial charge is 0.452 e. The summed E-state index contributed by atoms with van der Waals surface area (Å²) in [7, 11) is -3.59. The molecule has 9 nitrogen and oxygen atoms in total. The topological polar surface area (TPSA) is 113 Å². The zero-order chi connectivity index (χ0) is 23.2. The lowest BCUT2D eigenvalue weighted by Gasteiger charge is -2.20. The Kier molecular flexibility index (Phi) is 8.58. The van der Waals surface area contributed by atoms with E-state index in [1.165, 1.54) is 28.3 Å². The van der Waals surface area contributed by atoms with Gasteiger partial charge in [0.25, 0.3) is 5.91 Å². The first kappa shape index (κ1) is 24.8. The van der Waals surface area contributed by atoms with Crippen LogP contribution in [0.5, 0.6) is 0 Å². The van der Waals surface area contributed by atoms with Crippen molar-refractivity contribution in [2.45, 2.75) is 51.5 Å². The van der Waals surface area contributed by atoms with Gasteiger partial charge in [0.2, 0.25) is 15.9 Å². The molecule has 0 aliphatic carbocycles. The normalized spacial score (nSPS) is 17.6. The number of sulfonamides is 1. The molecular weight excluding hydrogens is 422 g/mol. The lowest BCUT2D eigenvalue weighted by molar-refractivity contribution is -0.158. The number of benzene rings is 1. The number of ether oxygens (including phenoxy) is 1. The highest BCUT2D eigenvalue weighted by molar-refractivity contribution is 7.89. The molecule has 1 aromatic rings. The van der Waals surface area contributed by atoms with Crippen molar-refractivity contribution in [1.29, 1.82) is 0 Å². The fraction of sp³-hybridized carbons (Fsp3) is 0.571. The van der Waals surface area contributed by atoms with Crippen molar-refractivity contribution in [3.63, 3.8) is 0 Å². The van der Waals surface area contributed by atoms with Crippen LogP contribution < -0.4 is 10.2 Å². The number of carbonyl (C=O) groups is 3. The van der Waals surface area contributed by atoms with Gasteiger partial charge in [-0.05, 0) is 37.6 Å². The molecule has 0 bridgehead atoms. The van der Waals surface area contributed by atoms with Crippen molar-refractivity contribution < 1.29 is 27.5 Å². The lowest BCUT2D eigenvalue weighted by Crippen LogP contribution is -2.37. The average molecular weight is 454 g/mol. The molecule has 172 valence electrons. The lowest BCUT2D eigenvalue weighted by atomic mass is 10.1. The van der Waals surface area contributed by atoms with Crippen LogP contribution >= 0.6 is 0 Å². The van der Waals surface area contributed by atoms with Gasteiger partial charge in [0, 0.05) is 38.3 Å². The molecule has 31 heavy (non-hydrogen) atoms. The van der Waals surface area contributed by atoms with Crippen molar-refractivity contribution in [2.75, 3.05) is 31.1 Å². The summed E-state index contributed by atoms with van der Waals surface area (Å²) in [5.74, 6) is -1.92. The maximum absolute atomic E-state index is 12.6. The summed E-state index contributed by atoms with van der Waals surface area (Å²) in [5, 5.41) is 2.66. The van der Waals surface area contributed by atoms with Gasteiger partial charge in [-0.25, -0.2) is 8.42 Å². The molecule has 2 atom stereocenters. The molecule has 1 N–H and O–H groups in total. The number of esters is 1. The number of amides is 2. The first-order valence-corrected chi connectivity index (χ1v) is 12.0. The van der Waals surface area contributed by atoms with Crippen LogP contribution in [-0.2, 0) is 29.1 Å². The third-order valence-electron chi connectivity index (χ3n) is 5.16. The fourth-order valence-electron chi connectivity index (χ4n) is 3.34. The van der Waals surface area contributed by atoms with E-state index in [4.69, 9.17) is 4.74 Å². The Morgan fingerprint density at radius 3 is 2.35 bits per heavy atom. The Balaban J connectivity index is 2.05. The third kappa shape index (κ3) is 5.82. The fourth-order valence-corrected chi connectivity index (χ4v) is 4.80. The van der Waals surface area contributed by atoms with E-state index in [9.17, 15) is 22.8 Å². The van der Waals surface area contributed by atoms with Crippen molar-refractivity contribution in [3.8, 4) is 0 Å². The molecule has 1 heterocycles. The summed E-state index contributed by atoms with van der Waals surface area (Å²) in [6, 6.07) is 6.04. The number of rotatable bonds is 10. The summed E-state index contributed by atoms with van der Waals surface area (Å²) in [6.07, 6.45) is -0.192. The summed E-state index contributed by atoms with van der Waals surface area (Å²) >= 11 is 0. The van der Waals surface area contributed by atoms with E-state index in [1.54, 1.807) is 26.0 Å². The first-order chi connectivity index (χ1) is 14.6. The molecule has 0 spiro atoms. The van der Waals surface area contributed by atoms with Gasteiger partial charge in [0.05, 0.1) is 10.8 Å². The summed E-state index contributed by atoms with van der Waals surface area (Å²) in [6.45, 7) is 8.29. The molecule has 1 fully saturated rings. The van der Waals surface area contributed by atoms with Gasteiger partial charge in [-0.2, -0.15) is 4.31 Å². The van der Waals surface area contributed by atoms with Gasteiger partial charge in [-0.1, -0.05) is 20.8 Å². The van der Waals surface area contributed by atoms with E-state index in [0.29, 0.717) is 25.3 Å². The Morgan fingerprint density at radius 2 is 1.81 bits per heavy atom. The second-order valence-electron chi connectivity index (χ2n) is 7.36. The van der Waals surface area contributed by atoms with Crippen LogP contribution in [0.4, 0.5) is 5.69 Å². The first-order valence-electron chi connectivity index (χ1n) is 10.5. The summed E-state index contributed by atoms with van der Waals surface area (Å²) < 4.78 is 31.8. The molecule has 1 aromatic carbocycles. The van der Waals surface area contributed by atoms with Crippen LogP contribution in [-0.4, -0.2) is 62.8 Å². The number of anilines is 1. The SMILES string of the molecule is CCCNC(=O)C(C)OC(=O)C1CC(=O)N(c2ccc(S(=O)(=O)N(CC)CC)cc2)C1. The van der Waals surface area contributed by atoms with E-state index >= 15 is 0 Å². The molecule has 2 unspecified atom stereocenters.